The normalized spacial score (nSPS) is 19.8. The molecule has 2 aromatic carbocycles. The Hall–Kier alpha value is -3.32. The molecule has 3 fully saturated rings. The summed E-state index contributed by atoms with van der Waals surface area (Å²) in [7, 11) is 0. The van der Waals surface area contributed by atoms with Crippen molar-refractivity contribution in [1.29, 1.82) is 0 Å². The number of aryl methyl sites for hydroxylation is 1. The van der Waals surface area contributed by atoms with Crippen molar-refractivity contribution >= 4 is 17.3 Å². The Labute approximate surface area is 264 Å². The highest BCUT2D eigenvalue weighted by Crippen LogP contribution is 2.45. The van der Waals surface area contributed by atoms with Gasteiger partial charge in [-0.3, -0.25) is 9.69 Å². The van der Waals surface area contributed by atoms with Crippen molar-refractivity contribution in [3.05, 3.63) is 84.0 Å². The molecule has 0 unspecified atom stereocenters. The average molecular weight is 602 g/mol. The zero-order valence-electron chi connectivity index (χ0n) is 27.1. The number of allylic oxidation sites excluding steroid dienone is 1. The standard InChI is InChI=1S/C37H52FN5O/c1-27(2)43(36-25-32(38)14-15-35(36)42-20-16-34(17-21-42)40-30(5)44)37(29(4)39-33-12-7-6-8-13-33)18-22-41(23-19-37)26-31-11-9-10-28(3)24-31/h9-11,14-15,24-25,33-34,39H,1,4,6-8,12-13,16-23,26H2,2-3,5H3,(H,40,44). The second-order valence-electron chi connectivity index (χ2n) is 13.4. The number of likely N-dealkylation sites (tertiary alicyclic amines) is 1. The Kier molecular flexibility index (Phi) is 10.3. The number of benzene rings is 2. The molecular weight excluding hydrogens is 549 g/mol. The molecule has 2 heterocycles. The predicted molar refractivity (Wildman–Crippen MR) is 180 cm³/mol. The van der Waals surface area contributed by atoms with Crippen molar-refractivity contribution < 1.29 is 9.18 Å². The van der Waals surface area contributed by atoms with E-state index in [9.17, 15) is 4.79 Å². The van der Waals surface area contributed by atoms with E-state index >= 15 is 4.39 Å². The average Bonchev–Trinajstić information content (AvgIpc) is 2.99. The number of hydrogen-bond donors (Lipinski definition) is 2. The number of hydrogen-bond acceptors (Lipinski definition) is 5. The number of halogens is 1. The van der Waals surface area contributed by atoms with Crippen molar-refractivity contribution in [2.75, 3.05) is 36.0 Å². The fourth-order valence-corrected chi connectivity index (χ4v) is 7.73. The zero-order chi connectivity index (χ0) is 31.3. The maximum Gasteiger partial charge on any atom is 0.217 e. The van der Waals surface area contributed by atoms with Crippen LogP contribution in [0.4, 0.5) is 15.8 Å². The first-order chi connectivity index (χ1) is 21.1. The molecule has 3 aliphatic rings. The highest BCUT2D eigenvalue weighted by atomic mass is 19.1. The molecule has 1 saturated carbocycles. The van der Waals surface area contributed by atoms with Crippen LogP contribution in [0, 0.1) is 12.7 Å². The van der Waals surface area contributed by atoms with Crippen LogP contribution in [-0.4, -0.2) is 54.6 Å². The molecule has 44 heavy (non-hydrogen) atoms. The molecular formula is C37H52FN5O. The van der Waals surface area contributed by atoms with Gasteiger partial charge >= 0.3 is 0 Å². The molecule has 2 aliphatic heterocycles. The molecule has 0 spiro atoms. The minimum Gasteiger partial charge on any atom is -0.384 e. The van der Waals surface area contributed by atoms with Crippen LogP contribution < -0.4 is 20.4 Å². The number of piperidine rings is 2. The van der Waals surface area contributed by atoms with Gasteiger partial charge in [-0.25, -0.2) is 4.39 Å². The number of rotatable bonds is 10. The molecule has 2 N–H and O–H groups in total. The fourth-order valence-electron chi connectivity index (χ4n) is 7.73. The zero-order valence-corrected chi connectivity index (χ0v) is 27.1. The first-order valence-electron chi connectivity index (χ1n) is 16.7. The molecule has 1 aliphatic carbocycles. The lowest BCUT2D eigenvalue weighted by atomic mass is 9.80. The van der Waals surface area contributed by atoms with Crippen LogP contribution in [0.15, 0.2) is 67.0 Å². The van der Waals surface area contributed by atoms with Crippen molar-refractivity contribution in [2.45, 2.75) is 103 Å². The quantitative estimate of drug-likeness (QED) is 0.306. The Balaban J connectivity index is 1.46. The van der Waals surface area contributed by atoms with E-state index in [2.05, 4.69) is 63.1 Å². The minimum absolute atomic E-state index is 0.0130. The number of carbonyl (C=O) groups excluding carboxylic acids is 1. The number of nitrogens with one attached hydrogen (secondary N) is 2. The Bertz CT molecular complexity index is 1320. The van der Waals surface area contributed by atoms with Crippen molar-refractivity contribution in [1.82, 2.24) is 15.5 Å². The molecule has 0 radical (unpaired) electrons. The highest BCUT2D eigenvalue weighted by molar-refractivity contribution is 5.76. The summed E-state index contributed by atoms with van der Waals surface area (Å²) >= 11 is 0. The summed E-state index contributed by atoms with van der Waals surface area (Å²) in [5.41, 5.74) is 5.97. The van der Waals surface area contributed by atoms with Gasteiger partial charge in [-0.2, -0.15) is 0 Å². The van der Waals surface area contributed by atoms with E-state index in [0.717, 1.165) is 94.0 Å². The smallest absolute Gasteiger partial charge is 0.217 e. The first-order valence-corrected chi connectivity index (χ1v) is 16.7. The number of nitrogens with zero attached hydrogens (tertiary/aromatic N) is 3. The lowest BCUT2D eigenvalue weighted by Crippen LogP contribution is -2.59. The van der Waals surface area contributed by atoms with Gasteiger partial charge in [-0.1, -0.05) is 62.2 Å². The molecule has 0 aromatic heterocycles. The third kappa shape index (κ3) is 7.48. The van der Waals surface area contributed by atoms with Crippen LogP contribution in [0.5, 0.6) is 0 Å². The summed E-state index contributed by atoms with van der Waals surface area (Å²) in [6.07, 6.45) is 9.56. The van der Waals surface area contributed by atoms with Gasteiger partial charge in [0.1, 0.15) is 5.82 Å². The molecule has 6 nitrogen and oxygen atoms in total. The largest absolute Gasteiger partial charge is 0.384 e. The van der Waals surface area contributed by atoms with Gasteiger partial charge in [0.05, 0.1) is 16.9 Å². The molecule has 238 valence electrons. The van der Waals surface area contributed by atoms with Gasteiger partial charge in [-0.05, 0) is 76.1 Å². The Morgan fingerprint density at radius 1 is 0.932 bits per heavy atom. The van der Waals surface area contributed by atoms with Gasteiger partial charge in [0.25, 0.3) is 0 Å². The molecule has 2 saturated heterocycles. The Morgan fingerprint density at radius 3 is 2.25 bits per heavy atom. The van der Waals surface area contributed by atoms with Gasteiger partial charge in [0, 0.05) is 63.1 Å². The lowest BCUT2D eigenvalue weighted by molar-refractivity contribution is -0.119. The monoisotopic (exact) mass is 601 g/mol. The molecule has 5 rings (SSSR count). The van der Waals surface area contributed by atoms with Crippen LogP contribution >= 0.6 is 0 Å². The summed E-state index contributed by atoms with van der Waals surface area (Å²) in [5.74, 6) is -0.236. The number of carbonyl (C=O) groups is 1. The molecule has 0 atom stereocenters. The van der Waals surface area contributed by atoms with Crippen LogP contribution in [0.3, 0.4) is 0 Å². The first kappa shape index (κ1) is 32.1. The second kappa shape index (κ2) is 14.2. The van der Waals surface area contributed by atoms with Crippen molar-refractivity contribution in [3.8, 4) is 0 Å². The highest BCUT2D eigenvalue weighted by Gasteiger charge is 2.45. The topological polar surface area (TPSA) is 50.9 Å². The third-order valence-electron chi connectivity index (χ3n) is 9.95. The number of amides is 1. The van der Waals surface area contributed by atoms with Gasteiger partial charge in [0.2, 0.25) is 5.91 Å². The third-order valence-corrected chi connectivity index (χ3v) is 9.95. The maximum absolute atomic E-state index is 15.2. The molecule has 1 amide bonds. The summed E-state index contributed by atoms with van der Waals surface area (Å²) < 4.78 is 15.2. The van der Waals surface area contributed by atoms with Crippen LogP contribution in [0.1, 0.15) is 82.8 Å². The summed E-state index contributed by atoms with van der Waals surface area (Å²) in [4.78, 5) is 18.9. The van der Waals surface area contributed by atoms with E-state index in [1.54, 1.807) is 19.1 Å². The van der Waals surface area contributed by atoms with E-state index < -0.39 is 5.54 Å². The summed E-state index contributed by atoms with van der Waals surface area (Å²) in [6.45, 7) is 19.3. The minimum atomic E-state index is -0.441. The summed E-state index contributed by atoms with van der Waals surface area (Å²) in [6, 6.07) is 14.6. The molecule has 7 heteroatoms. The summed E-state index contributed by atoms with van der Waals surface area (Å²) in [5, 5.41) is 6.98. The van der Waals surface area contributed by atoms with E-state index in [-0.39, 0.29) is 17.8 Å². The second-order valence-corrected chi connectivity index (χ2v) is 13.4. The molecule has 2 aromatic rings. The van der Waals surface area contributed by atoms with E-state index in [0.29, 0.717) is 6.04 Å². The number of anilines is 2. The van der Waals surface area contributed by atoms with E-state index in [4.69, 9.17) is 6.58 Å². The van der Waals surface area contributed by atoms with Gasteiger partial charge in [0.15, 0.2) is 0 Å². The fraction of sp³-hybridized carbons (Fsp3) is 0.541. The van der Waals surface area contributed by atoms with Crippen LogP contribution in [0.2, 0.25) is 0 Å². The predicted octanol–water partition coefficient (Wildman–Crippen LogP) is 7.05. The van der Waals surface area contributed by atoms with Crippen LogP contribution in [0.25, 0.3) is 0 Å². The van der Waals surface area contributed by atoms with Gasteiger partial charge < -0.3 is 20.4 Å². The lowest BCUT2D eigenvalue weighted by Gasteiger charge is -2.53. The van der Waals surface area contributed by atoms with Gasteiger partial charge in [-0.15, -0.1) is 0 Å². The van der Waals surface area contributed by atoms with E-state index in [1.165, 1.54) is 30.4 Å². The van der Waals surface area contributed by atoms with Crippen molar-refractivity contribution in [2.24, 2.45) is 0 Å². The van der Waals surface area contributed by atoms with E-state index in [1.807, 2.05) is 13.0 Å². The molecule has 0 bridgehead atoms. The van der Waals surface area contributed by atoms with Crippen molar-refractivity contribution in [3.63, 3.8) is 0 Å². The Morgan fingerprint density at radius 2 is 1.61 bits per heavy atom. The van der Waals surface area contributed by atoms with Crippen LogP contribution in [-0.2, 0) is 11.3 Å². The maximum atomic E-state index is 15.2. The SMILES string of the molecule is C=C(C)N(c1cc(F)ccc1N1CCC(NC(C)=O)CC1)C1(C(=C)NC2CCCCC2)CCN(Cc2cccc(C)c2)CC1.